The molecule has 1 saturated carbocycles. The largest absolute Gasteiger partial charge is 0.454 e. The molecule has 0 radical (unpaired) electrons. The second-order valence-corrected chi connectivity index (χ2v) is 5.67. The van der Waals surface area contributed by atoms with Gasteiger partial charge in [-0.05, 0) is 37.5 Å². The van der Waals surface area contributed by atoms with Crippen molar-refractivity contribution in [3.05, 3.63) is 23.8 Å². The van der Waals surface area contributed by atoms with Crippen molar-refractivity contribution in [2.75, 3.05) is 6.79 Å². The van der Waals surface area contributed by atoms with Crippen LogP contribution in [0.25, 0.3) is 0 Å². The van der Waals surface area contributed by atoms with Gasteiger partial charge < -0.3 is 20.5 Å². The van der Waals surface area contributed by atoms with E-state index in [0.717, 1.165) is 42.7 Å². The number of benzene rings is 1. The van der Waals surface area contributed by atoms with Gasteiger partial charge in [-0.15, -0.1) is 12.4 Å². The minimum atomic E-state index is -0.690. The van der Waals surface area contributed by atoms with Gasteiger partial charge in [0.15, 0.2) is 11.5 Å². The van der Waals surface area contributed by atoms with E-state index in [9.17, 15) is 4.79 Å². The third-order valence-electron chi connectivity index (χ3n) is 4.19. The highest BCUT2D eigenvalue weighted by atomic mass is 35.5. The Kier molecular flexibility index (Phi) is 4.64. The van der Waals surface area contributed by atoms with Crippen molar-refractivity contribution in [1.82, 2.24) is 5.32 Å². The molecule has 1 aromatic carbocycles. The Bertz CT molecular complexity index is 530. The minimum absolute atomic E-state index is 0. The molecule has 3 N–H and O–H groups in total. The average molecular weight is 313 g/mol. The topological polar surface area (TPSA) is 73.6 Å². The van der Waals surface area contributed by atoms with E-state index in [-0.39, 0.29) is 31.1 Å². The standard InChI is InChI=1S/C15H20N2O3.ClH/c1-10(17-14(18)15(16)6-2-3-7-15)11-4-5-12-13(8-11)20-9-19-12;/h4-5,8,10H,2-3,6-7,9,16H2,1H3,(H,17,18);1H. The van der Waals surface area contributed by atoms with Crippen LogP contribution >= 0.6 is 12.4 Å². The van der Waals surface area contributed by atoms with E-state index in [1.54, 1.807) is 0 Å². The van der Waals surface area contributed by atoms with Gasteiger partial charge >= 0.3 is 0 Å². The third-order valence-corrected chi connectivity index (χ3v) is 4.19. The maximum Gasteiger partial charge on any atom is 0.240 e. The molecule has 1 aliphatic heterocycles. The number of hydrogen-bond donors (Lipinski definition) is 2. The minimum Gasteiger partial charge on any atom is -0.454 e. The predicted molar refractivity (Wildman–Crippen MR) is 81.8 cm³/mol. The number of fused-ring (bicyclic) bond motifs is 1. The summed E-state index contributed by atoms with van der Waals surface area (Å²) in [7, 11) is 0. The van der Waals surface area contributed by atoms with Gasteiger partial charge in [-0.25, -0.2) is 0 Å². The molecule has 1 fully saturated rings. The van der Waals surface area contributed by atoms with Crippen LogP contribution in [0.1, 0.15) is 44.2 Å². The molecule has 3 rings (SSSR count). The van der Waals surface area contributed by atoms with Crippen LogP contribution in [0, 0.1) is 0 Å². The molecule has 1 unspecified atom stereocenters. The van der Waals surface area contributed by atoms with Crippen molar-refractivity contribution in [1.29, 1.82) is 0 Å². The molecule has 116 valence electrons. The molecule has 1 amide bonds. The molecule has 0 spiro atoms. The molecule has 0 saturated heterocycles. The maximum atomic E-state index is 12.3. The fourth-order valence-electron chi connectivity index (χ4n) is 2.84. The van der Waals surface area contributed by atoms with Crippen LogP contribution in [0.5, 0.6) is 11.5 Å². The van der Waals surface area contributed by atoms with Crippen molar-refractivity contribution in [3.8, 4) is 11.5 Å². The number of nitrogens with one attached hydrogen (secondary N) is 1. The Balaban J connectivity index is 0.00000161. The van der Waals surface area contributed by atoms with Gasteiger partial charge in [0.05, 0.1) is 11.6 Å². The summed E-state index contributed by atoms with van der Waals surface area (Å²) in [6.45, 7) is 2.21. The first-order chi connectivity index (χ1) is 9.58. The molecule has 0 aromatic heterocycles. The van der Waals surface area contributed by atoms with Gasteiger partial charge in [0.1, 0.15) is 0 Å². The van der Waals surface area contributed by atoms with Crippen molar-refractivity contribution < 1.29 is 14.3 Å². The number of carbonyl (C=O) groups excluding carboxylic acids is 1. The van der Waals surface area contributed by atoms with Crippen LogP contribution in [0.4, 0.5) is 0 Å². The number of halogens is 1. The highest BCUT2D eigenvalue weighted by Crippen LogP contribution is 2.34. The van der Waals surface area contributed by atoms with Crippen LogP contribution in [-0.4, -0.2) is 18.2 Å². The number of hydrogen-bond acceptors (Lipinski definition) is 4. The Hall–Kier alpha value is -1.46. The lowest BCUT2D eigenvalue weighted by Gasteiger charge is -2.25. The van der Waals surface area contributed by atoms with Crippen LogP contribution in [-0.2, 0) is 4.79 Å². The summed E-state index contributed by atoms with van der Waals surface area (Å²) in [6, 6.07) is 5.62. The smallest absolute Gasteiger partial charge is 0.240 e. The Labute approximate surface area is 130 Å². The zero-order chi connectivity index (χ0) is 14.2. The molecular weight excluding hydrogens is 292 g/mol. The quantitative estimate of drug-likeness (QED) is 0.898. The predicted octanol–water partition coefficient (Wildman–Crippen LogP) is 2.29. The molecule has 5 nitrogen and oxygen atoms in total. The molecule has 2 aliphatic rings. The lowest BCUT2D eigenvalue weighted by molar-refractivity contribution is -0.126. The summed E-state index contributed by atoms with van der Waals surface area (Å²) < 4.78 is 10.6. The van der Waals surface area contributed by atoms with Gasteiger partial charge in [-0.3, -0.25) is 4.79 Å². The fourth-order valence-corrected chi connectivity index (χ4v) is 2.84. The summed E-state index contributed by atoms with van der Waals surface area (Å²) in [5.74, 6) is 1.42. The molecule has 1 atom stereocenters. The average Bonchev–Trinajstić information content (AvgIpc) is 3.06. The summed E-state index contributed by atoms with van der Waals surface area (Å²) in [4.78, 5) is 12.3. The number of rotatable bonds is 3. The Morgan fingerprint density at radius 1 is 1.29 bits per heavy atom. The molecule has 1 heterocycles. The molecular formula is C15H21ClN2O3. The SMILES string of the molecule is CC(NC(=O)C1(N)CCCC1)c1ccc2c(c1)OCO2.Cl. The lowest BCUT2D eigenvalue weighted by atomic mass is 9.97. The van der Waals surface area contributed by atoms with E-state index in [0.29, 0.717) is 0 Å². The molecule has 6 heteroatoms. The summed E-state index contributed by atoms with van der Waals surface area (Å²) in [5.41, 5.74) is 6.46. The molecule has 0 bridgehead atoms. The molecule has 1 aromatic rings. The number of ether oxygens (including phenoxy) is 2. The van der Waals surface area contributed by atoms with Crippen molar-refractivity contribution in [2.45, 2.75) is 44.2 Å². The van der Waals surface area contributed by atoms with Crippen LogP contribution < -0.4 is 20.5 Å². The summed E-state index contributed by atoms with van der Waals surface area (Å²) >= 11 is 0. The zero-order valence-electron chi connectivity index (χ0n) is 12.1. The second kappa shape index (κ2) is 6.12. The summed E-state index contributed by atoms with van der Waals surface area (Å²) in [5, 5.41) is 3.01. The van der Waals surface area contributed by atoms with Crippen LogP contribution in [0.15, 0.2) is 18.2 Å². The second-order valence-electron chi connectivity index (χ2n) is 5.67. The fraction of sp³-hybridized carbons (Fsp3) is 0.533. The van der Waals surface area contributed by atoms with Gasteiger partial charge in [-0.2, -0.15) is 0 Å². The lowest BCUT2D eigenvalue weighted by Crippen LogP contribution is -2.52. The normalized spacial score (nSPS) is 19.7. The number of nitrogens with two attached hydrogens (primary N) is 1. The van der Waals surface area contributed by atoms with Gasteiger partial charge in [0, 0.05) is 0 Å². The van der Waals surface area contributed by atoms with E-state index in [1.807, 2.05) is 25.1 Å². The number of carbonyl (C=O) groups is 1. The van der Waals surface area contributed by atoms with E-state index < -0.39 is 5.54 Å². The third kappa shape index (κ3) is 3.09. The first kappa shape index (κ1) is 15.9. The van der Waals surface area contributed by atoms with Crippen molar-refractivity contribution in [3.63, 3.8) is 0 Å². The Morgan fingerprint density at radius 3 is 2.67 bits per heavy atom. The van der Waals surface area contributed by atoms with Gasteiger partial charge in [0.25, 0.3) is 0 Å². The zero-order valence-corrected chi connectivity index (χ0v) is 12.9. The summed E-state index contributed by atoms with van der Waals surface area (Å²) in [6.07, 6.45) is 3.60. The first-order valence-corrected chi connectivity index (χ1v) is 7.08. The number of amides is 1. The highest BCUT2D eigenvalue weighted by molar-refractivity contribution is 5.86. The highest BCUT2D eigenvalue weighted by Gasteiger charge is 2.37. The first-order valence-electron chi connectivity index (χ1n) is 7.08. The van der Waals surface area contributed by atoms with Crippen LogP contribution in [0.2, 0.25) is 0 Å². The van der Waals surface area contributed by atoms with E-state index in [2.05, 4.69) is 5.32 Å². The van der Waals surface area contributed by atoms with E-state index >= 15 is 0 Å². The monoisotopic (exact) mass is 312 g/mol. The van der Waals surface area contributed by atoms with Crippen LogP contribution in [0.3, 0.4) is 0 Å². The van der Waals surface area contributed by atoms with E-state index in [4.69, 9.17) is 15.2 Å². The van der Waals surface area contributed by atoms with Gasteiger partial charge in [0.2, 0.25) is 12.7 Å². The maximum absolute atomic E-state index is 12.3. The Morgan fingerprint density at radius 2 is 1.95 bits per heavy atom. The van der Waals surface area contributed by atoms with Gasteiger partial charge in [-0.1, -0.05) is 18.9 Å². The molecule has 1 aliphatic carbocycles. The van der Waals surface area contributed by atoms with Crippen molar-refractivity contribution in [2.24, 2.45) is 5.73 Å². The molecule has 21 heavy (non-hydrogen) atoms. The van der Waals surface area contributed by atoms with Crippen molar-refractivity contribution >= 4 is 18.3 Å². The van der Waals surface area contributed by atoms with E-state index in [1.165, 1.54) is 0 Å².